The van der Waals surface area contributed by atoms with Crippen molar-refractivity contribution in [3.63, 3.8) is 0 Å². The summed E-state index contributed by atoms with van der Waals surface area (Å²) in [6.45, 7) is -1.98. The Balaban J connectivity index is 2.25. The molecule has 4 nitrogen and oxygen atoms in total. The first-order chi connectivity index (χ1) is 8.37. The van der Waals surface area contributed by atoms with Crippen LogP contribution in [-0.4, -0.2) is 25.3 Å². The number of ether oxygens (including phenoxy) is 1. The summed E-state index contributed by atoms with van der Waals surface area (Å²) in [5.74, 6) is -0.394. The zero-order valence-electron chi connectivity index (χ0n) is 8.96. The smallest absolute Gasteiger partial charge is 0.414 e. The van der Waals surface area contributed by atoms with Gasteiger partial charge in [-0.25, -0.2) is 5.48 Å². The van der Waals surface area contributed by atoms with E-state index in [9.17, 15) is 18.0 Å². The standard InChI is InChI=1S/C10H9BrF3NO3/c11-7-2-1-3-8(4-7)17-5-9(16)15-18-6-10(12,13)14/h1-4H,5-6H2,(H,15,16). The Kier molecular flexibility index (Phi) is 5.42. The van der Waals surface area contributed by atoms with Gasteiger partial charge in [0.15, 0.2) is 13.2 Å². The van der Waals surface area contributed by atoms with Gasteiger partial charge in [0.2, 0.25) is 0 Å². The summed E-state index contributed by atoms with van der Waals surface area (Å²) in [5.41, 5.74) is 1.63. The molecule has 0 aliphatic heterocycles. The summed E-state index contributed by atoms with van der Waals surface area (Å²) >= 11 is 3.20. The Morgan fingerprint density at radius 2 is 2.11 bits per heavy atom. The lowest BCUT2D eigenvalue weighted by molar-refractivity contribution is -0.192. The van der Waals surface area contributed by atoms with Gasteiger partial charge in [-0.2, -0.15) is 13.2 Å². The number of hydrogen-bond donors (Lipinski definition) is 1. The van der Waals surface area contributed by atoms with Gasteiger partial charge >= 0.3 is 6.18 Å². The third-order valence-electron chi connectivity index (χ3n) is 1.59. The molecule has 0 saturated carbocycles. The van der Waals surface area contributed by atoms with Gasteiger partial charge in [0, 0.05) is 4.47 Å². The molecule has 0 aliphatic carbocycles. The maximum Gasteiger partial charge on any atom is 0.414 e. The average molecular weight is 328 g/mol. The van der Waals surface area contributed by atoms with Crippen molar-refractivity contribution >= 4 is 21.8 Å². The molecule has 0 aliphatic rings. The minimum absolute atomic E-state index is 0.412. The molecular weight excluding hydrogens is 319 g/mol. The first-order valence-electron chi connectivity index (χ1n) is 4.72. The zero-order chi connectivity index (χ0) is 13.6. The summed E-state index contributed by atoms with van der Waals surface area (Å²) in [7, 11) is 0. The highest BCUT2D eigenvalue weighted by Crippen LogP contribution is 2.17. The molecule has 1 N–H and O–H groups in total. The van der Waals surface area contributed by atoms with Crippen molar-refractivity contribution in [2.45, 2.75) is 6.18 Å². The Hall–Kier alpha value is -1.28. The van der Waals surface area contributed by atoms with E-state index in [0.717, 1.165) is 4.47 Å². The second-order valence-corrected chi connectivity index (χ2v) is 4.09. The summed E-state index contributed by atoms with van der Waals surface area (Å²) < 4.78 is 40.9. The Morgan fingerprint density at radius 3 is 2.72 bits per heavy atom. The Bertz CT molecular complexity index is 412. The Morgan fingerprint density at radius 1 is 1.39 bits per heavy atom. The fraction of sp³-hybridized carbons (Fsp3) is 0.300. The lowest BCUT2D eigenvalue weighted by Crippen LogP contribution is -2.32. The fourth-order valence-electron chi connectivity index (χ4n) is 0.934. The van der Waals surface area contributed by atoms with Crippen LogP contribution in [0.5, 0.6) is 5.75 Å². The highest BCUT2D eigenvalue weighted by molar-refractivity contribution is 9.10. The van der Waals surface area contributed by atoms with Gasteiger partial charge in [-0.1, -0.05) is 22.0 Å². The number of carbonyl (C=O) groups is 1. The average Bonchev–Trinajstić information content (AvgIpc) is 2.25. The third kappa shape index (κ3) is 6.45. The van der Waals surface area contributed by atoms with Gasteiger partial charge in [0.25, 0.3) is 5.91 Å². The maximum atomic E-state index is 11.7. The molecule has 1 amide bonds. The fourth-order valence-corrected chi connectivity index (χ4v) is 1.31. The van der Waals surface area contributed by atoms with Crippen molar-refractivity contribution in [3.8, 4) is 5.75 Å². The number of nitrogens with one attached hydrogen (secondary N) is 1. The molecule has 100 valence electrons. The van der Waals surface area contributed by atoms with E-state index in [0.29, 0.717) is 5.75 Å². The van der Waals surface area contributed by atoms with Gasteiger partial charge in [-0.15, -0.1) is 0 Å². The SMILES string of the molecule is O=C(COc1cccc(Br)c1)NOCC(F)(F)F. The minimum atomic E-state index is -4.49. The van der Waals surface area contributed by atoms with Gasteiger partial charge in [-0.3, -0.25) is 9.63 Å². The van der Waals surface area contributed by atoms with E-state index in [4.69, 9.17) is 4.74 Å². The van der Waals surface area contributed by atoms with E-state index in [1.807, 2.05) is 0 Å². The molecule has 0 atom stereocenters. The molecule has 0 spiro atoms. The van der Waals surface area contributed by atoms with Crippen LogP contribution in [-0.2, 0) is 9.63 Å². The lowest BCUT2D eigenvalue weighted by Gasteiger charge is -2.09. The van der Waals surface area contributed by atoms with Gasteiger partial charge in [0.05, 0.1) is 0 Å². The molecule has 1 rings (SSSR count). The van der Waals surface area contributed by atoms with Crippen LogP contribution >= 0.6 is 15.9 Å². The molecule has 8 heteroatoms. The van der Waals surface area contributed by atoms with Crippen LogP contribution in [0.3, 0.4) is 0 Å². The molecule has 1 aromatic carbocycles. The molecule has 18 heavy (non-hydrogen) atoms. The monoisotopic (exact) mass is 327 g/mol. The van der Waals surface area contributed by atoms with Crippen molar-refractivity contribution < 1.29 is 27.5 Å². The first kappa shape index (κ1) is 14.8. The predicted octanol–water partition coefficient (Wildman–Crippen LogP) is 2.44. The number of benzene rings is 1. The summed E-state index contributed by atoms with van der Waals surface area (Å²) in [6, 6.07) is 6.68. The number of amides is 1. The van der Waals surface area contributed by atoms with E-state index >= 15 is 0 Å². The quantitative estimate of drug-likeness (QED) is 0.845. The maximum absolute atomic E-state index is 11.7. The highest BCUT2D eigenvalue weighted by atomic mass is 79.9. The van der Waals surface area contributed by atoms with E-state index in [-0.39, 0.29) is 0 Å². The Labute approximate surface area is 109 Å². The van der Waals surface area contributed by atoms with Crippen molar-refractivity contribution in [3.05, 3.63) is 28.7 Å². The summed E-state index contributed by atoms with van der Waals surface area (Å²) in [6.07, 6.45) is -4.49. The van der Waals surface area contributed by atoms with Crippen LogP contribution < -0.4 is 10.2 Å². The van der Waals surface area contributed by atoms with Crippen LogP contribution in [0.2, 0.25) is 0 Å². The molecule has 0 heterocycles. The molecule has 0 fully saturated rings. The number of hydroxylamine groups is 1. The molecule has 1 aromatic rings. The lowest BCUT2D eigenvalue weighted by atomic mass is 10.3. The summed E-state index contributed by atoms with van der Waals surface area (Å²) in [4.78, 5) is 15.0. The van der Waals surface area contributed by atoms with E-state index in [1.165, 1.54) is 0 Å². The molecule has 0 unspecified atom stereocenters. The van der Waals surface area contributed by atoms with Crippen LogP contribution in [0.15, 0.2) is 28.7 Å². The number of hydrogen-bond acceptors (Lipinski definition) is 3. The normalized spacial score (nSPS) is 11.1. The second kappa shape index (κ2) is 6.60. The van der Waals surface area contributed by atoms with Crippen molar-refractivity contribution in [2.75, 3.05) is 13.2 Å². The molecule has 0 radical (unpaired) electrons. The van der Waals surface area contributed by atoms with E-state index < -0.39 is 25.3 Å². The zero-order valence-corrected chi connectivity index (χ0v) is 10.5. The van der Waals surface area contributed by atoms with Crippen LogP contribution in [0, 0.1) is 0 Å². The van der Waals surface area contributed by atoms with Gasteiger partial charge in [-0.05, 0) is 18.2 Å². The number of carbonyl (C=O) groups excluding carboxylic acids is 1. The van der Waals surface area contributed by atoms with Crippen LogP contribution in [0.4, 0.5) is 13.2 Å². The topological polar surface area (TPSA) is 47.6 Å². The largest absolute Gasteiger partial charge is 0.484 e. The van der Waals surface area contributed by atoms with Gasteiger partial charge in [0.1, 0.15) is 5.75 Å². The van der Waals surface area contributed by atoms with E-state index in [1.54, 1.807) is 29.7 Å². The van der Waals surface area contributed by atoms with E-state index in [2.05, 4.69) is 20.8 Å². The second-order valence-electron chi connectivity index (χ2n) is 3.18. The predicted molar refractivity (Wildman–Crippen MR) is 59.8 cm³/mol. The molecule has 0 saturated heterocycles. The number of halogens is 4. The van der Waals surface area contributed by atoms with Gasteiger partial charge < -0.3 is 4.74 Å². The highest BCUT2D eigenvalue weighted by Gasteiger charge is 2.28. The van der Waals surface area contributed by atoms with Crippen molar-refractivity contribution in [2.24, 2.45) is 0 Å². The summed E-state index contributed by atoms with van der Waals surface area (Å²) in [5, 5.41) is 0. The minimum Gasteiger partial charge on any atom is -0.484 e. The van der Waals surface area contributed by atoms with Crippen LogP contribution in [0.1, 0.15) is 0 Å². The van der Waals surface area contributed by atoms with Crippen LogP contribution in [0.25, 0.3) is 0 Å². The van der Waals surface area contributed by atoms with Crippen molar-refractivity contribution in [1.82, 2.24) is 5.48 Å². The first-order valence-corrected chi connectivity index (χ1v) is 5.52. The molecule has 0 bridgehead atoms. The number of rotatable bonds is 5. The van der Waals surface area contributed by atoms with Crippen molar-refractivity contribution in [1.29, 1.82) is 0 Å². The molecule has 0 aromatic heterocycles. The molecular formula is C10H9BrF3NO3. The third-order valence-corrected chi connectivity index (χ3v) is 2.08. The number of alkyl halides is 3.